The Kier molecular flexibility index (Phi) is 4.82. The van der Waals surface area contributed by atoms with Crippen LogP contribution in [0.3, 0.4) is 0 Å². The van der Waals surface area contributed by atoms with Gasteiger partial charge in [0.05, 0.1) is 6.19 Å². The molecule has 0 aromatic carbocycles. The average molecular weight is 169 g/mol. The summed E-state index contributed by atoms with van der Waals surface area (Å²) in [4.78, 5) is 21.2. The molecule has 0 amide bonds. The van der Waals surface area contributed by atoms with Gasteiger partial charge in [-0.05, 0) is 6.54 Å². The molecule has 0 saturated carbocycles. The first-order valence-corrected chi connectivity index (χ1v) is 4.16. The van der Waals surface area contributed by atoms with Gasteiger partial charge in [0.25, 0.3) is 7.41 Å². The van der Waals surface area contributed by atoms with Crippen LogP contribution in [0, 0.1) is 5.41 Å². The van der Waals surface area contributed by atoms with E-state index in [1.54, 1.807) is 0 Å². The Hall–Kier alpha value is -0.635. The highest BCUT2D eigenvalue weighted by molar-refractivity contribution is 6.64. The van der Waals surface area contributed by atoms with E-state index in [4.69, 9.17) is 0 Å². The first kappa shape index (κ1) is 11.4. The van der Waals surface area contributed by atoms with Gasteiger partial charge in [0, 0.05) is 11.8 Å². The lowest BCUT2D eigenvalue weighted by atomic mass is 9.88. The van der Waals surface area contributed by atoms with Crippen molar-refractivity contribution >= 4 is 19.4 Å². The summed E-state index contributed by atoms with van der Waals surface area (Å²) in [5, 5.41) is 2.85. The van der Waals surface area contributed by atoms with E-state index in [1.807, 2.05) is 20.8 Å². The number of ketones is 1. The van der Waals surface area contributed by atoms with Crippen molar-refractivity contribution in [2.75, 3.05) is 6.54 Å². The Morgan fingerprint density at radius 1 is 1.50 bits per heavy atom. The molecule has 68 valence electrons. The molecule has 0 aliphatic rings. The second kappa shape index (κ2) is 5.09. The number of carbonyl (C=O) groups excluding carboxylic acids is 2. The third kappa shape index (κ3) is 5.07. The van der Waals surface area contributed by atoms with Crippen molar-refractivity contribution < 1.29 is 9.59 Å². The van der Waals surface area contributed by atoms with Gasteiger partial charge < -0.3 is 10.0 Å². The molecule has 0 spiro atoms. The van der Waals surface area contributed by atoms with Crippen LogP contribution >= 0.6 is 0 Å². The first-order valence-electron chi connectivity index (χ1n) is 4.16. The lowest BCUT2D eigenvalue weighted by Crippen LogP contribution is -2.28. The van der Waals surface area contributed by atoms with Crippen LogP contribution in [0.1, 0.15) is 27.2 Å². The lowest BCUT2D eigenvalue weighted by molar-refractivity contribution is -0.126. The van der Waals surface area contributed by atoms with Crippen LogP contribution in [-0.2, 0) is 9.59 Å². The van der Waals surface area contributed by atoms with Crippen molar-refractivity contribution in [3.05, 3.63) is 0 Å². The molecule has 4 heteroatoms. The Morgan fingerprint density at radius 3 is 2.50 bits per heavy atom. The van der Waals surface area contributed by atoms with E-state index in [0.29, 0.717) is 20.4 Å². The summed E-state index contributed by atoms with van der Waals surface area (Å²) in [5.74, 6) is 0.223. The molecule has 0 radical (unpaired) electrons. The average Bonchev–Trinajstić information content (AvgIpc) is 1.96. The molecule has 0 fully saturated rings. The Labute approximate surface area is 74.2 Å². The van der Waals surface area contributed by atoms with Crippen molar-refractivity contribution in [3.63, 3.8) is 0 Å². The van der Waals surface area contributed by atoms with Gasteiger partial charge in [-0.15, -0.1) is 0 Å². The zero-order valence-electron chi connectivity index (χ0n) is 8.02. The fourth-order valence-corrected chi connectivity index (χ4v) is 0.738. The van der Waals surface area contributed by atoms with Gasteiger partial charge in [-0.3, -0.25) is 4.79 Å². The van der Waals surface area contributed by atoms with Crippen LogP contribution < -0.4 is 5.23 Å². The van der Waals surface area contributed by atoms with Crippen LogP contribution in [0.15, 0.2) is 0 Å². The fraction of sp³-hybridized carbons (Fsp3) is 0.750. The Morgan fingerprint density at radius 2 is 2.08 bits per heavy atom. The largest absolute Gasteiger partial charge is 0.352 e. The monoisotopic (exact) mass is 169 g/mol. The molecule has 12 heavy (non-hydrogen) atoms. The summed E-state index contributed by atoms with van der Waals surface area (Å²) in [7, 11) is 0.331. The van der Waals surface area contributed by atoms with E-state index in [2.05, 4.69) is 5.23 Å². The Balaban J connectivity index is 3.51. The normalized spacial score (nSPS) is 10.9. The molecular weight excluding hydrogens is 153 g/mol. The highest BCUT2D eigenvalue weighted by Crippen LogP contribution is 2.15. The summed E-state index contributed by atoms with van der Waals surface area (Å²) in [6.45, 7) is 6.29. The SMILES string of the molecule is CC(C)(C)C(=O)CCNBC=O. The maximum Gasteiger partial charge on any atom is 0.278 e. The number of nitrogens with one attached hydrogen (secondary N) is 1. The van der Waals surface area contributed by atoms with Crippen molar-refractivity contribution in [1.29, 1.82) is 0 Å². The summed E-state index contributed by atoms with van der Waals surface area (Å²) in [5.41, 5.74) is -0.261. The standard InChI is InChI=1S/C8H16BNO2/c1-8(2,3)7(12)4-5-10-9-6-11/h6,9-10H,4-5H2,1-3H3. The maximum atomic E-state index is 11.3. The molecule has 0 saturated heterocycles. The van der Waals surface area contributed by atoms with E-state index < -0.39 is 0 Å². The van der Waals surface area contributed by atoms with Crippen LogP contribution in [-0.4, -0.2) is 25.9 Å². The van der Waals surface area contributed by atoms with Crippen molar-refractivity contribution in [1.82, 2.24) is 5.23 Å². The predicted octanol–water partition coefficient (Wildman–Crippen LogP) is 0.123. The van der Waals surface area contributed by atoms with E-state index >= 15 is 0 Å². The highest BCUT2D eigenvalue weighted by atomic mass is 16.1. The van der Waals surface area contributed by atoms with Gasteiger partial charge in [-0.1, -0.05) is 20.8 Å². The Bertz CT molecular complexity index is 163. The zero-order chi connectivity index (χ0) is 9.61. The van der Waals surface area contributed by atoms with Gasteiger partial charge in [-0.25, -0.2) is 0 Å². The summed E-state index contributed by atoms with van der Waals surface area (Å²) < 4.78 is 0. The summed E-state index contributed by atoms with van der Waals surface area (Å²) in [6.07, 6.45) is 1.29. The second-order valence-corrected chi connectivity index (χ2v) is 3.79. The molecule has 3 nitrogen and oxygen atoms in total. The highest BCUT2D eigenvalue weighted by Gasteiger charge is 2.19. The summed E-state index contributed by atoms with van der Waals surface area (Å²) in [6, 6.07) is 0. The second-order valence-electron chi connectivity index (χ2n) is 3.79. The van der Waals surface area contributed by atoms with Gasteiger partial charge in [0.1, 0.15) is 5.78 Å². The van der Waals surface area contributed by atoms with Crippen molar-refractivity contribution in [2.24, 2.45) is 5.41 Å². The van der Waals surface area contributed by atoms with Gasteiger partial charge in [-0.2, -0.15) is 0 Å². The van der Waals surface area contributed by atoms with E-state index in [0.717, 1.165) is 6.19 Å². The molecule has 0 aliphatic carbocycles. The zero-order valence-corrected chi connectivity index (χ0v) is 8.02. The molecule has 0 rings (SSSR count). The third-order valence-corrected chi connectivity index (χ3v) is 1.59. The van der Waals surface area contributed by atoms with Crippen molar-refractivity contribution in [2.45, 2.75) is 27.2 Å². The molecule has 1 N–H and O–H groups in total. The van der Waals surface area contributed by atoms with E-state index in [1.165, 1.54) is 0 Å². The number of Topliss-reactive ketones (excluding diaryl/α,β-unsaturated/α-hetero) is 1. The van der Waals surface area contributed by atoms with Gasteiger partial charge in [0.2, 0.25) is 0 Å². The molecule has 0 unspecified atom stereocenters. The number of rotatable bonds is 5. The molecule has 0 aromatic rings. The fourth-order valence-electron chi connectivity index (χ4n) is 0.738. The quantitative estimate of drug-likeness (QED) is 0.361. The molecule has 0 heterocycles. The third-order valence-electron chi connectivity index (χ3n) is 1.59. The van der Waals surface area contributed by atoms with Crippen molar-refractivity contribution in [3.8, 4) is 0 Å². The summed E-state index contributed by atoms with van der Waals surface area (Å²) >= 11 is 0. The first-order chi connectivity index (χ1) is 5.48. The van der Waals surface area contributed by atoms with Gasteiger partial charge >= 0.3 is 0 Å². The molecule has 0 aliphatic heterocycles. The smallest absolute Gasteiger partial charge is 0.278 e. The van der Waals surface area contributed by atoms with E-state index in [9.17, 15) is 9.59 Å². The minimum absolute atomic E-state index is 0.223. The number of hydrogen-bond donors (Lipinski definition) is 1. The van der Waals surface area contributed by atoms with E-state index in [-0.39, 0.29) is 11.2 Å². The number of hydrogen-bond acceptors (Lipinski definition) is 3. The molecule has 0 aromatic heterocycles. The van der Waals surface area contributed by atoms with Crippen LogP contribution in [0.4, 0.5) is 0 Å². The predicted molar refractivity (Wildman–Crippen MR) is 51.0 cm³/mol. The van der Waals surface area contributed by atoms with Crippen LogP contribution in [0.5, 0.6) is 0 Å². The topological polar surface area (TPSA) is 46.2 Å². The molecule has 0 bridgehead atoms. The minimum Gasteiger partial charge on any atom is -0.352 e. The molecule has 0 atom stereocenters. The maximum absolute atomic E-state index is 11.3. The van der Waals surface area contributed by atoms with Crippen LogP contribution in [0.2, 0.25) is 0 Å². The molecular formula is C8H16BNO2. The van der Waals surface area contributed by atoms with Crippen LogP contribution in [0.25, 0.3) is 0 Å². The lowest BCUT2D eigenvalue weighted by Gasteiger charge is -2.15. The minimum atomic E-state index is -0.261. The van der Waals surface area contributed by atoms with Gasteiger partial charge in [0.15, 0.2) is 0 Å². The number of carbonyl (C=O) groups is 2.